The number of Topliss-reactive ketones (excluding diaryl/α,β-unsaturated/α-hetero) is 1. The number of fused-ring (bicyclic) bond motifs is 3. The third-order valence-corrected chi connectivity index (χ3v) is 16.4. The number of nitrogens with zero attached hydrogens (tertiary/aromatic N) is 6. The highest BCUT2D eigenvalue weighted by atomic mass is 35.5. The van der Waals surface area contributed by atoms with Crippen molar-refractivity contribution >= 4 is 120 Å². The molecule has 12 rings (SSSR count). The zero-order valence-electron chi connectivity index (χ0n) is 44.0. The Morgan fingerprint density at radius 2 is 0.880 bits per heavy atom. The molecular formula is C55H54Cl3F3N10O12. The lowest BCUT2D eigenvalue weighted by Gasteiger charge is -2.27. The first-order chi connectivity index (χ1) is 39.4. The van der Waals surface area contributed by atoms with E-state index in [0.29, 0.717) is 36.2 Å². The molecule has 6 aliphatic rings. The highest BCUT2D eigenvalue weighted by molar-refractivity contribution is 6.39. The summed E-state index contributed by atoms with van der Waals surface area (Å²) in [5, 5.41) is 33.3. The maximum absolute atomic E-state index is 15.0. The van der Waals surface area contributed by atoms with Crippen LogP contribution in [0.4, 0.5) is 30.2 Å². The Morgan fingerprint density at radius 3 is 1.29 bits per heavy atom. The highest BCUT2D eigenvalue weighted by Gasteiger charge is 2.35. The van der Waals surface area contributed by atoms with E-state index < -0.39 is 80.4 Å². The van der Waals surface area contributed by atoms with Crippen molar-refractivity contribution in [2.75, 3.05) is 60.6 Å². The lowest BCUT2D eigenvalue weighted by Crippen LogP contribution is -2.38. The number of hydrogen-bond donors (Lipinski definition) is 7. The van der Waals surface area contributed by atoms with Crippen molar-refractivity contribution in [1.82, 2.24) is 24.3 Å². The third-order valence-electron chi connectivity index (χ3n) is 15.3. The smallest absolute Gasteiger partial charge is 0.341 e. The molecule has 438 valence electrons. The van der Waals surface area contributed by atoms with Gasteiger partial charge in [0.1, 0.15) is 39.9 Å². The number of amides is 2. The summed E-state index contributed by atoms with van der Waals surface area (Å²) >= 11 is 19.7. The molecule has 3 saturated carbocycles. The molecular weight excluding hydrogens is 1160 g/mol. The second kappa shape index (κ2) is 23.2. The molecule has 3 aliphatic carbocycles. The van der Waals surface area contributed by atoms with E-state index in [1.165, 1.54) is 23.5 Å². The first-order valence-corrected chi connectivity index (χ1v) is 27.8. The predicted octanol–water partition coefficient (Wildman–Crippen LogP) is 5.92. The van der Waals surface area contributed by atoms with E-state index in [2.05, 4.69) is 10.6 Å². The minimum atomic E-state index is -1.37. The number of rotatable bonds is 9. The second-order valence-electron chi connectivity index (χ2n) is 21.4. The van der Waals surface area contributed by atoms with Crippen LogP contribution in [0, 0.1) is 17.5 Å². The van der Waals surface area contributed by atoms with Crippen LogP contribution in [0.15, 0.2) is 51.2 Å². The summed E-state index contributed by atoms with van der Waals surface area (Å²) in [7, 11) is 0. The van der Waals surface area contributed by atoms with Gasteiger partial charge in [0.2, 0.25) is 28.1 Å². The van der Waals surface area contributed by atoms with Crippen LogP contribution >= 0.6 is 34.8 Å². The number of benzene rings is 3. The predicted molar refractivity (Wildman–Crippen MR) is 302 cm³/mol. The molecule has 6 aromatic rings. The van der Waals surface area contributed by atoms with Gasteiger partial charge in [0.05, 0.1) is 71.5 Å². The Balaban J connectivity index is 0.000000139. The second-order valence-corrected chi connectivity index (χ2v) is 22.6. The van der Waals surface area contributed by atoms with Crippen molar-refractivity contribution in [2.45, 2.75) is 94.4 Å². The van der Waals surface area contributed by atoms with Crippen molar-refractivity contribution in [1.29, 1.82) is 0 Å². The van der Waals surface area contributed by atoms with Crippen LogP contribution in [0.25, 0.3) is 32.7 Å². The largest absolute Gasteiger partial charge is 0.477 e. The summed E-state index contributed by atoms with van der Waals surface area (Å²) in [4.78, 5) is 112. The summed E-state index contributed by atoms with van der Waals surface area (Å²) < 4.78 is 49.9. The third kappa shape index (κ3) is 11.7. The molecule has 2 amide bonds. The Morgan fingerprint density at radius 1 is 0.506 bits per heavy atom. The summed E-state index contributed by atoms with van der Waals surface area (Å²) in [6, 6.07) is 2.23. The van der Waals surface area contributed by atoms with E-state index in [9.17, 15) is 62.9 Å². The normalized spacial score (nSPS) is 19.5. The van der Waals surface area contributed by atoms with Crippen LogP contribution in [0.5, 0.6) is 0 Å². The number of aromatic carboxylic acids is 3. The molecule has 0 radical (unpaired) electrons. The quantitative estimate of drug-likeness (QED) is 0.0884. The van der Waals surface area contributed by atoms with Gasteiger partial charge in [-0.2, -0.15) is 0 Å². The number of halogens is 6. The van der Waals surface area contributed by atoms with E-state index >= 15 is 8.78 Å². The first-order valence-electron chi connectivity index (χ1n) is 26.6. The molecule has 3 aromatic carbocycles. The maximum atomic E-state index is 15.0. The number of pyridine rings is 3. The summed E-state index contributed by atoms with van der Waals surface area (Å²) in [6.45, 7) is 1.80. The Labute approximate surface area is 482 Å². The van der Waals surface area contributed by atoms with E-state index in [1.54, 1.807) is 23.5 Å². The molecule has 3 aliphatic heterocycles. The number of carbonyl (C=O) groups is 6. The highest BCUT2D eigenvalue weighted by Crippen LogP contribution is 2.45. The number of aromatic nitrogens is 3. The minimum absolute atomic E-state index is 0.000659. The Bertz CT molecular complexity index is 3790. The Hall–Kier alpha value is -7.71. The van der Waals surface area contributed by atoms with Crippen LogP contribution in [-0.4, -0.2) is 123 Å². The van der Waals surface area contributed by atoms with Gasteiger partial charge in [-0.15, -0.1) is 0 Å². The first kappa shape index (κ1) is 58.5. The van der Waals surface area contributed by atoms with Gasteiger partial charge in [0.15, 0.2) is 0 Å². The van der Waals surface area contributed by atoms with Gasteiger partial charge in [-0.25, -0.2) is 27.6 Å². The van der Waals surface area contributed by atoms with Crippen LogP contribution in [0.3, 0.4) is 0 Å². The van der Waals surface area contributed by atoms with Crippen LogP contribution in [-0.2, 0) is 14.4 Å². The number of hydrogen-bond acceptors (Lipinski definition) is 14. The van der Waals surface area contributed by atoms with Crippen molar-refractivity contribution in [3.8, 4) is 0 Å². The molecule has 2 atom stereocenters. The molecule has 83 heavy (non-hydrogen) atoms. The molecule has 3 saturated heterocycles. The van der Waals surface area contributed by atoms with E-state index in [4.69, 9.17) is 46.3 Å². The molecule has 22 nitrogen and oxygen atoms in total. The zero-order chi connectivity index (χ0) is 59.6. The summed E-state index contributed by atoms with van der Waals surface area (Å²) in [5.74, 6) is -6.65. The zero-order valence-corrected chi connectivity index (χ0v) is 46.3. The number of ketones is 1. The molecule has 9 N–H and O–H groups in total. The van der Waals surface area contributed by atoms with Crippen molar-refractivity contribution in [3.05, 3.63) is 117 Å². The maximum Gasteiger partial charge on any atom is 0.341 e. The molecule has 0 bridgehead atoms. The van der Waals surface area contributed by atoms with Crippen LogP contribution in [0.1, 0.15) is 113 Å². The van der Waals surface area contributed by atoms with Crippen LogP contribution < -0.4 is 53.1 Å². The van der Waals surface area contributed by atoms with Gasteiger partial charge in [0.25, 0.3) is 0 Å². The van der Waals surface area contributed by atoms with Crippen molar-refractivity contribution in [2.24, 2.45) is 11.5 Å². The number of nitrogens with one attached hydrogen (secondary N) is 2. The number of carboxylic acids is 3. The fourth-order valence-electron chi connectivity index (χ4n) is 10.9. The average molecular weight is 1210 g/mol. The monoisotopic (exact) mass is 1210 g/mol. The van der Waals surface area contributed by atoms with Crippen molar-refractivity contribution < 1.29 is 57.3 Å². The fourth-order valence-corrected chi connectivity index (χ4v) is 12.1. The number of carboxylic acid groups (broad SMARTS) is 3. The number of nitrogens with two attached hydrogens (primary N) is 2. The lowest BCUT2D eigenvalue weighted by atomic mass is 10.1. The summed E-state index contributed by atoms with van der Waals surface area (Å²) in [6.07, 6.45) is 9.56. The molecule has 6 heterocycles. The van der Waals surface area contributed by atoms with Gasteiger partial charge in [0, 0.05) is 114 Å². The minimum Gasteiger partial charge on any atom is -0.477 e. The van der Waals surface area contributed by atoms with E-state index in [1.807, 2.05) is 0 Å². The molecule has 0 unspecified atom stereocenters. The van der Waals surface area contributed by atoms with Gasteiger partial charge in [-0.3, -0.25) is 28.8 Å². The molecule has 6 fully saturated rings. The number of carbonyl (C=O) groups excluding carboxylic acids is 3. The van der Waals surface area contributed by atoms with Gasteiger partial charge in [-0.1, -0.05) is 34.8 Å². The van der Waals surface area contributed by atoms with E-state index in [-0.39, 0.29) is 136 Å². The number of anilines is 3. The fraction of sp³-hybridized carbons (Fsp3) is 0.400. The molecule has 0 spiro atoms. The van der Waals surface area contributed by atoms with Gasteiger partial charge >= 0.3 is 17.9 Å². The lowest BCUT2D eigenvalue weighted by molar-refractivity contribution is -0.121. The SMILES string of the molecule is N[C@@H]1CC(=O)CCN(c2c(F)cc3c(=O)c(C(=O)O)cn(C4CC4)c3c2Cl)C1.N[C@@H]1CC(=O)NCN(c2c(F)cc3c(=O)c(C(=O)O)cn(C4CC4)c3c2Cl)C1.O=C1CCN(c2c(F)cc3c(=O)c(C(=O)O)cn(C4CC4)c3c2Cl)CCN1. The molecule has 28 heteroatoms. The topological polar surface area (TPSA) is 315 Å². The van der Waals surface area contributed by atoms with Gasteiger partial charge < -0.3 is 65.8 Å². The average Bonchev–Trinajstić information content (AvgIpc) is 2.28. The summed E-state index contributed by atoms with van der Waals surface area (Å²) in [5.41, 5.74) is 9.59. The van der Waals surface area contributed by atoms with E-state index in [0.717, 1.165) is 56.7 Å². The standard InChI is InChI=1S/C19H19ClFN3O4.C18H18ClFN4O4.C18H17ClFN3O4/c20-15-16-12(18(26)13(19(27)28)8-24(16)10-1-2-10)6-14(21)17(15)23-4-3-11(25)5-9(22)7-23;19-14-15-10(17(26)11(18(27)28)6-24(15)9-1-2-9)4-12(20)16(14)23-5-8(21)3-13(25)22-7-23;19-14-15-10(17(25)11(18(26)27)8-23(15)9-1-2-9)7-12(20)16(14)22-5-3-13(24)21-4-6-22/h6,8-10H,1-5,7,22H2,(H,27,28);4,6,8-9H,1-3,5,7,21H2,(H,22,25)(H,27,28);7-9H,1-6H2,(H,21,24)(H,26,27)/t9-;8-;/m11./s1. The van der Waals surface area contributed by atoms with Gasteiger partial charge in [-0.05, 0) is 56.7 Å². The van der Waals surface area contributed by atoms with Crippen molar-refractivity contribution in [3.63, 3.8) is 0 Å². The van der Waals surface area contributed by atoms with Crippen LogP contribution in [0.2, 0.25) is 15.1 Å². The molecule has 3 aromatic heterocycles. The Kier molecular flexibility index (Phi) is 16.3.